The van der Waals surface area contributed by atoms with Crippen LogP contribution in [-0.2, 0) is 47.5 Å². The molecule has 14 heteroatoms. The van der Waals surface area contributed by atoms with Crippen LogP contribution in [0.25, 0.3) is 0 Å². The zero-order chi connectivity index (χ0) is 32.4. The van der Waals surface area contributed by atoms with Gasteiger partial charge in [0.1, 0.15) is 61.0 Å². The lowest BCUT2D eigenvalue weighted by molar-refractivity contribution is -0.322. The number of hydrogen-bond acceptors (Lipinski definition) is 14. The Morgan fingerprint density at radius 3 is 2.30 bits per heavy atom. The SMILES string of the molecule is CC(=O)OC[C@]12C[C@H](OC(=O)CC(C)C)C(C)=C[C@H]1O[C@@H]1[C@H](OC3O[C@H](CO)[C@@H](O)[C@H](O)[C@H]3O)[C@@H](OC(C)=O)[C@@]2(C)[C@]12CO2. The Balaban J connectivity index is 1.58. The van der Waals surface area contributed by atoms with Gasteiger partial charge in [0, 0.05) is 26.7 Å². The van der Waals surface area contributed by atoms with E-state index in [9.17, 15) is 34.8 Å². The number of carbonyl (C=O) groups excluding carboxylic acids is 3. The van der Waals surface area contributed by atoms with Crippen molar-refractivity contribution in [3.8, 4) is 0 Å². The smallest absolute Gasteiger partial charge is 0.306 e. The molecule has 5 aliphatic rings. The van der Waals surface area contributed by atoms with Crippen molar-refractivity contribution >= 4 is 17.9 Å². The molecule has 13 atom stereocenters. The monoisotopic (exact) mass is 628 g/mol. The van der Waals surface area contributed by atoms with Gasteiger partial charge in [0.05, 0.1) is 30.1 Å². The zero-order valence-electron chi connectivity index (χ0n) is 25.8. The van der Waals surface area contributed by atoms with Crippen molar-refractivity contribution in [2.75, 3.05) is 19.8 Å². The number of esters is 3. The fraction of sp³-hybridized carbons (Fsp3) is 0.833. The summed E-state index contributed by atoms with van der Waals surface area (Å²) in [5.74, 6) is -1.52. The van der Waals surface area contributed by atoms with Gasteiger partial charge >= 0.3 is 17.9 Å². The van der Waals surface area contributed by atoms with Crippen molar-refractivity contribution in [2.24, 2.45) is 16.7 Å². The van der Waals surface area contributed by atoms with Gasteiger partial charge in [-0.05, 0) is 18.4 Å². The second kappa shape index (κ2) is 11.9. The predicted octanol–water partition coefficient (Wildman–Crippen LogP) is -0.483. The van der Waals surface area contributed by atoms with Gasteiger partial charge in [0.15, 0.2) is 6.29 Å². The standard InChI is InChI=1S/C30H44O14/c1-13(2)7-20(34)41-17-9-29(11-38-15(4)32)19(8-14(17)3)43-26-24(25(40-16(5)33)28(29,6)30(26)12-39-30)44-27-23(37)22(36)21(35)18(10-31)42-27/h8,13,17-19,21-27,31,35-37H,7,9-12H2,1-6H3/t17-,18+,19+,21+,22-,23+,24+,25+,26+,27?,28+,29+,30-/m0/s1. The number of fused-ring (bicyclic) bond motifs is 2. The largest absolute Gasteiger partial charge is 0.465 e. The maximum Gasteiger partial charge on any atom is 0.306 e. The van der Waals surface area contributed by atoms with Gasteiger partial charge in [-0.1, -0.05) is 26.8 Å². The summed E-state index contributed by atoms with van der Waals surface area (Å²) in [6.07, 6.45) is -10.2. The predicted molar refractivity (Wildman–Crippen MR) is 146 cm³/mol. The summed E-state index contributed by atoms with van der Waals surface area (Å²) in [6, 6.07) is 0. The number of aliphatic hydroxyl groups is 4. The molecule has 1 saturated carbocycles. The highest BCUT2D eigenvalue weighted by molar-refractivity contribution is 5.70. The molecule has 0 amide bonds. The average molecular weight is 629 g/mol. The minimum Gasteiger partial charge on any atom is -0.465 e. The Bertz CT molecular complexity index is 1160. The van der Waals surface area contributed by atoms with E-state index in [1.54, 1.807) is 0 Å². The third kappa shape index (κ3) is 5.16. The van der Waals surface area contributed by atoms with E-state index in [0.29, 0.717) is 0 Å². The molecule has 3 heterocycles. The topological polar surface area (TPSA) is 200 Å². The fourth-order valence-corrected chi connectivity index (χ4v) is 7.71. The van der Waals surface area contributed by atoms with Gasteiger partial charge < -0.3 is 53.6 Å². The maximum absolute atomic E-state index is 12.8. The summed E-state index contributed by atoms with van der Waals surface area (Å²) in [6.45, 7) is 9.31. The highest BCUT2D eigenvalue weighted by Crippen LogP contribution is 2.72. The first-order valence-electron chi connectivity index (χ1n) is 15.1. The van der Waals surface area contributed by atoms with Crippen LogP contribution in [0.5, 0.6) is 0 Å². The number of hydrogen-bond donors (Lipinski definition) is 4. The number of carbonyl (C=O) groups is 3. The lowest BCUT2D eigenvalue weighted by Crippen LogP contribution is -2.68. The lowest BCUT2D eigenvalue weighted by atomic mass is 9.51. The van der Waals surface area contributed by atoms with Crippen LogP contribution in [-0.4, -0.2) is 125 Å². The van der Waals surface area contributed by atoms with E-state index < -0.39 is 96.2 Å². The first kappa shape index (κ1) is 33.2. The molecule has 2 aliphatic carbocycles. The summed E-state index contributed by atoms with van der Waals surface area (Å²) in [4.78, 5) is 37.7. The van der Waals surface area contributed by atoms with E-state index in [4.69, 9.17) is 33.2 Å². The van der Waals surface area contributed by atoms with Gasteiger partial charge in [0.25, 0.3) is 0 Å². The zero-order valence-corrected chi connectivity index (χ0v) is 25.8. The molecular weight excluding hydrogens is 584 g/mol. The second-order valence-electron chi connectivity index (χ2n) is 13.3. The molecule has 0 radical (unpaired) electrons. The molecule has 1 unspecified atom stereocenters. The van der Waals surface area contributed by atoms with Crippen LogP contribution < -0.4 is 0 Å². The second-order valence-corrected chi connectivity index (χ2v) is 13.3. The molecule has 44 heavy (non-hydrogen) atoms. The van der Waals surface area contributed by atoms with Gasteiger partial charge in [-0.25, -0.2) is 0 Å². The van der Waals surface area contributed by atoms with Crippen molar-refractivity contribution < 1.29 is 68.0 Å². The van der Waals surface area contributed by atoms with Gasteiger partial charge in [-0.2, -0.15) is 0 Å². The Labute approximate surface area is 255 Å². The van der Waals surface area contributed by atoms with Crippen LogP contribution >= 0.6 is 0 Å². The molecule has 2 bridgehead atoms. The molecule has 0 aromatic rings. The van der Waals surface area contributed by atoms with Crippen molar-refractivity contribution in [3.05, 3.63) is 11.6 Å². The molecule has 0 aromatic carbocycles. The first-order valence-corrected chi connectivity index (χ1v) is 15.1. The average Bonchev–Trinajstić information content (AvgIpc) is 3.72. The number of ether oxygens (including phenoxy) is 7. The van der Waals surface area contributed by atoms with E-state index in [1.165, 1.54) is 13.8 Å². The summed E-state index contributed by atoms with van der Waals surface area (Å²) in [5, 5.41) is 41.2. The quantitative estimate of drug-likeness (QED) is 0.110. The van der Waals surface area contributed by atoms with Gasteiger partial charge in [0.2, 0.25) is 0 Å². The summed E-state index contributed by atoms with van der Waals surface area (Å²) in [5.41, 5.74) is -2.69. The molecule has 5 rings (SSSR count). The highest BCUT2D eigenvalue weighted by Gasteiger charge is 2.87. The van der Waals surface area contributed by atoms with Gasteiger partial charge in [-0.15, -0.1) is 0 Å². The molecule has 3 aliphatic heterocycles. The minimum atomic E-state index is -1.72. The summed E-state index contributed by atoms with van der Waals surface area (Å²) >= 11 is 0. The minimum absolute atomic E-state index is 0.0704. The molecule has 3 saturated heterocycles. The van der Waals surface area contributed by atoms with Crippen molar-refractivity contribution in [2.45, 2.75) is 121 Å². The van der Waals surface area contributed by atoms with Crippen LogP contribution in [0.4, 0.5) is 0 Å². The van der Waals surface area contributed by atoms with E-state index in [0.717, 1.165) is 5.57 Å². The van der Waals surface area contributed by atoms with Crippen LogP contribution in [0, 0.1) is 16.7 Å². The summed E-state index contributed by atoms with van der Waals surface area (Å²) < 4.78 is 42.4. The Hall–Kier alpha value is -2.17. The van der Waals surface area contributed by atoms with Crippen LogP contribution in [0.15, 0.2) is 11.6 Å². The Morgan fingerprint density at radius 1 is 1.05 bits per heavy atom. The van der Waals surface area contributed by atoms with Crippen LogP contribution in [0.3, 0.4) is 0 Å². The molecule has 4 fully saturated rings. The highest BCUT2D eigenvalue weighted by atomic mass is 16.7. The van der Waals surface area contributed by atoms with Gasteiger partial charge in [-0.3, -0.25) is 14.4 Å². The van der Waals surface area contributed by atoms with E-state index in [-0.39, 0.29) is 37.9 Å². The Kier molecular flexibility index (Phi) is 8.97. The Morgan fingerprint density at radius 2 is 1.73 bits per heavy atom. The molecule has 0 aromatic heterocycles. The van der Waals surface area contributed by atoms with E-state index >= 15 is 0 Å². The van der Waals surface area contributed by atoms with Crippen LogP contribution in [0.1, 0.15) is 54.4 Å². The van der Waals surface area contributed by atoms with Crippen molar-refractivity contribution in [1.29, 1.82) is 0 Å². The van der Waals surface area contributed by atoms with E-state index in [2.05, 4.69) is 0 Å². The maximum atomic E-state index is 12.8. The van der Waals surface area contributed by atoms with Crippen molar-refractivity contribution in [1.82, 2.24) is 0 Å². The molecule has 248 valence electrons. The first-order chi connectivity index (χ1) is 20.6. The molecule has 4 N–H and O–H groups in total. The third-order valence-corrected chi connectivity index (χ3v) is 10.1. The fourth-order valence-electron chi connectivity index (χ4n) is 7.71. The van der Waals surface area contributed by atoms with E-state index in [1.807, 2.05) is 33.8 Å². The van der Waals surface area contributed by atoms with Crippen LogP contribution in [0.2, 0.25) is 0 Å². The molecule has 14 nitrogen and oxygen atoms in total. The number of epoxide rings is 1. The number of rotatable bonds is 9. The van der Waals surface area contributed by atoms with Crippen molar-refractivity contribution in [3.63, 3.8) is 0 Å². The molecule has 1 spiro atoms. The normalized spacial score (nSPS) is 45.8. The number of aliphatic hydroxyl groups excluding tert-OH is 4. The third-order valence-electron chi connectivity index (χ3n) is 10.1. The lowest BCUT2D eigenvalue weighted by Gasteiger charge is -2.58. The molecular formula is C30H44O14. The summed E-state index contributed by atoms with van der Waals surface area (Å²) in [7, 11) is 0.